The van der Waals surface area contributed by atoms with Gasteiger partial charge in [-0.3, -0.25) is 0 Å². The van der Waals surface area contributed by atoms with Gasteiger partial charge in [-0.05, 0) is 6.92 Å². The van der Waals surface area contributed by atoms with Crippen molar-refractivity contribution >= 4 is 0 Å². The molecule has 27 heavy (non-hydrogen) atoms. The van der Waals surface area contributed by atoms with Crippen LogP contribution in [0.1, 0.15) is 6.92 Å². The Balaban J connectivity index is 4.14. The Hall–Kier alpha value is -0.480. The summed E-state index contributed by atoms with van der Waals surface area (Å²) >= 11 is 0. The summed E-state index contributed by atoms with van der Waals surface area (Å²) in [6.45, 7) is 0.167. The molecule has 0 aromatic carbocycles. The minimum atomic E-state index is -1.71. The van der Waals surface area contributed by atoms with Crippen molar-refractivity contribution < 1.29 is 51.1 Å². The number of aliphatic hydroxyl groups is 10. The molecule has 0 fully saturated rings. The van der Waals surface area contributed by atoms with Crippen molar-refractivity contribution in [1.82, 2.24) is 10.6 Å². The minimum absolute atomic E-state index is 0.130. The molecule has 0 aromatic heterocycles. The molecule has 1 unspecified atom stereocenters. The van der Waals surface area contributed by atoms with E-state index in [9.17, 15) is 40.9 Å². The smallest absolute Gasteiger partial charge is 0.111 e. The molecule has 0 aromatic rings. The zero-order valence-corrected chi connectivity index (χ0v) is 15.2. The topological polar surface area (TPSA) is 226 Å². The van der Waals surface area contributed by atoms with Gasteiger partial charge in [-0.25, -0.2) is 0 Å². The van der Waals surface area contributed by atoms with Crippen molar-refractivity contribution in [3.8, 4) is 0 Å². The first kappa shape index (κ1) is 26.5. The van der Waals surface area contributed by atoms with Crippen molar-refractivity contribution in [2.75, 3.05) is 32.8 Å². The lowest BCUT2D eigenvalue weighted by atomic mass is 10.0. The van der Waals surface area contributed by atoms with Gasteiger partial charge in [0.25, 0.3) is 0 Å². The molecule has 0 aliphatic rings. The van der Waals surface area contributed by atoms with Crippen LogP contribution in [0.2, 0.25) is 0 Å². The lowest BCUT2D eigenvalue weighted by molar-refractivity contribution is -0.114. The Morgan fingerprint density at radius 1 is 0.556 bits per heavy atom. The second-order valence-corrected chi connectivity index (χ2v) is 6.56. The summed E-state index contributed by atoms with van der Waals surface area (Å²) in [7, 11) is 0. The predicted octanol–water partition coefficient (Wildman–Crippen LogP) is -6.57. The van der Waals surface area contributed by atoms with Gasteiger partial charge in [0.2, 0.25) is 0 Å². The number of rotatable bonds is 15. The molecule has 0 saturated heterocycles. The summed E-state index contributed by atoms with van der Waals surface area (Å²) in [5.74, 6) is 0. The normalized spacial score (nSPS) is 22.3. The van der Waals surface area contributed by atoms with Crippen LogP contribution in [0.3, 0.4) is 0 Å². The van der Waals surface area contributed by atoms with E-state index in [4.69, 9.17) is 10.2 Å². The highest BCUT2D eigenvalue weighted by Gasteiger charge is 2.31. The highest BCUT2D eigenvalue weighted by molar-refractivity contribution is 4.84. The highest BCUT2D eigenvalue weighted by Crippen LogP contribution is 2.05. The molecule has 0 rings (SSSR count). The molecule has 0 heterocycles. The number of aliphatic hydroxyl groups excluding tert-OH is 10. The van der Waals surface area contributed by atoms with Crippen LogP contribution >= 0.6 is 0 Å². The molecule has 0 bridgehead atoms. The highest BCUT2D eigenvalue weighted by atomic mass is 16.4. The third-order valence-electron chi connectivity index (χ3n) is 4.13. The fraction of sp³-hybridized carbons (Fsp3) is 1.00. The van der Waals surface area contributed by atoms with Crippen molar-refractivity contribution in [2.45, 2.75) is 61.8 Å². The largest absolute Gasteiger partial charge is 0.394 e. The fourth-order valence-electron chi connectivity index (χ4n) is 2.21. The van der Waals surface area contributed by atoms with Crippen LogP contribution in [0, 0.1) is 0 Å². The van der Waals surface area contributed by atoms with Gasteiger partial charge in [-0.2, -0.15) is 0 Å². The minimum Gasteiger partial charge on any atom is -0.394 e. The number of hydrogen-bond donors (Lipinski definition) is 12. The first-order valence-electron chi connectivity index (χ1n) is 8.67. The Bertz CT molecular complexity index is 381. The van der Waals surface area contributed by atoms with E-state index in [1.807, 2.05) is 0 Å². The molecule has 12 heteroatoms. The summed E-state index contributed by atoms with van der Waals surface area (Å²) in [5.41, 5.74) is 0. The Morgan fingerprint density at radius 3 is 1.33 bits per heavy atom. The maximum atomic E-state index is 9.77. The van der Waals surface area contributed by atoms with Crippen molar-refractivity contribution in [3.05, 3.63) is 0 Å². The molecule has 164 valence electrons. The van der Waals surface area contributed by atoms with Gasteiger partial charge >= 0.3 is 0 Å². The molecular weight excluding hydrogens is 368 g/mol. The van der Waals surface area contributed by atoms with Gasteiger partial charge in [0, 0.05) is 25.7 Å². The summed E-state index contributed by atoms with van der Waals surface area (Å²) in [4.78, 5) is 0. The lowest BCUT2D eigenvalue weighted by Crippen LogP contribution is -2.52. The molecule has 9 atom stereocenters. The molecule has 12 nitrogen and oxygen atoms in total. The van der Waals surface area contributed by atoms with Crippen molar-refractivity contribution in [1.29, 1.82) is 0 Å². The standard InChI is InChI=1S/C15H34N2O10/c1-7(17-4-9(21)13(25)15(27)11(23)6-19)2-16-3-8(20)12(24)14(26)10(22)5-18/h7-27H,2-6H2,1H3/t7?,8-,9-,10+,11+,12+,13+,14+,15+/m0/s1. The molecule has 0 radical (unpaired) electrons. The average Bonchev–Trinajstić information content (AvgIpc) is 2.67. The van der Waals surface area contributed by atoms with Crippen LogP contribution in [0.25, 0.3) is 0 Å². The Kier molecular flexibility index (Phi) is 13.4. The number of hydrogen-bond acceptors (Lipinski definition) is 12. The SMILES string of the molecule is CC(CNC[C@H](O)[C@@H](O)[C@H](O)[C@H](O)CO)NC[C@H](O)[C@@H](O)[C@H](O)[C@H](O)CO. The number of nitrogens with one attached hydrogen (secondary N) is 2. The van der Waals surface area contributed by atoms with Gasteiger partial charge in [0.15, 0.2) is 0 Å². The first-order valence-corrected chi connectivity index (χ1v) is 8.67. The molecule has 0 aliphatic heterocycles. The zero-order valence-electron chi connectivity index (χ0n) is 15.2. The summed E-state index contributed by atoms with van der Waals surface area (Å²) in [6.07, 6.45) is -12.7. The van der Waals surface area contributed by atoms with Gasteiger partial charge < -0.3 is 61.7 Å². The van der Waals surface area contributed by atoms with E-state index < -0.39 is 62.0 Å². The average molecular weight is 402 g/mol. The monoisotopic (exact) mass is 402 g/mol. The van der Waals surface area contributed by atoms with E-state index in [2.05, 4.69) is 10.6 Å². The first-order chi connectivity index (χ1) is 12.6. The molecule has 0 amide bonds. The molecule has 0 aliphatic carbocycles. The second-order valence-electron chi connectivity index (χ2n) is 6.56. The van der Waals surface area contributed by atoms with E-state index in [1.54, 1.807) is 6.92 Å². The van der Waals surface area contributed by atoms with Gasteiger partial charge in [-0.15, -0.1) is 0 Å². The lowest BCUT2D eigenvalue weighted by Gasteiger charge is -2.27. The van der Waals surface area contributed by atoms with Crippen molar-refractivity contribution in [3.63, 3.8) is 0 Å². The van der Waals surface area contributed by atoms with Crippen LogP contribution in [0.4, 0.5) is 0 Å². The summed E-state index contributed by atoms with van der Waals surface area (Å²) < 4.78 is 0. The Morgan fingerprint density at radius 2 is 0.926 bits per heavy atom. The van der Waals surface area contributed by atoms with E-state index in [-0.39, 0.29) is 25.7 Å². The van der Waals surface area contributed by atoms with Crippen LogP contribution in [-0.2, 0) is 0 Å². The fourth-order valence-corrected chi connectivity index (χ4v) is 2.21. The van der Waals surface area contributed by atoms with E-state index in [1.165, 1.54) is 0 Å². The van der Waals surface area contributed by atoms with Crippen LogP contribution in [0.5, 0.6) is 0 Å². The van der Waals surface area contributed by atoms with E-state index in [0.717, 1.165) is 0 Å². The van der Waals surface area contributed by atoms with Gasteiger partial charge in [0.05, 0.1) is 25.4 Å². The van der Waals surface area contributed by atoms with Crippen molar-refractivity contribution in [2.24, 2.45) is 0 Å². The third-order valence-corrected chi connectivity index (χ3v) is 4.13. The molecular formula is C15H34N2O10. The molecule has 0 spiro atoms. The van der Waals surface area contributed by atoms with Crippen LogP contribution < -0.4 is 10.6 Å². The third kappa shape index (κ3) is 9.51. The van der Waals surface area contributed by atoms with Gasteiger partial charge in [0.1, 0.15) is 36.6 Å². The molecule has 12 N–H and O–H groups in total. The Labute approximate surface area is 157 Å². The molecule has 0 saturated carbocycles. The van der Waals surface area contributed by atoms with Gasteiger partial charge in [-0.1, -0.05) is 0 Å². The summed E-state index contributed by atoms with van der Waals surface area (Å²) in [5, 5.41) is 99.3. The summed E-state index contributed by atoms with van der Waals surface area (Å²) in [6, 6.07) is -0.274. The predicted molar refractivity (Wildman–Crippen MR) is 92.6 cm³/mol. The quantitative estimate of drug-likeness (QED) is 0.123. The second kappa shape index (κ2) is 13.7. The maximum absolute atomic E-state index is 9.77. The van der Waals surface area contributed by atoms with Crippen LogP contribution in [0.15, 0.2) is 0 Å². The maximum Gasteiger partial charge on any atom is 0.111 e. The van der Waals surface area contributed by atoms with E-state index >= 15 is 0 Å². The van der Waals surface area contributed by atoms with E-state index in [0.29, 0.717) is 0 Å². The van der Waals surface area contributed by atoms with Crippen LogP contribution in [-0.4, -0.2) is 139 Å². The zero-order chi connectivity index (χ0) is 21.1.